The molecule has 198 valence electrons. The summed E-state index contributed by atoms with van der Waals surface area (Å²) in [5.41, 5.74) is 3.90. The monoisotopic (exact) mass is 536 g/mol. The molecule has 5 heterocycles. The number of halogens is 2. The number of anilines is 1. The number of hydrogen-bond acceptors (Lipinski definition) is 6. The van der Waals surface area contributed by atoms with E-state index in [1.54, 1.807) is 30.5 Å². The summed E-state index contributed by atoms with van der Waals surface area (Å²) in [5.74, 6) is -0.735. The van der Waals surface area contributed by atoms with E-state index in [1.807, 2.05) is 0 Å². The number of nitrogens with zero attached hydrogens (tertiary/aromatic N) is 5. The number of H-pyrrole nitrogens is 2. The van der Waals surface area contributed by atoms with Gasteiger partial charge in [-0.15, -0.1) is 0 Å². The maximum absolute atomic E-state index is 16.1. The molecule has 3 N–H and O–H groups in total. The molecule has 0 saturated heterocycles. The van der Waals surface area contributed by atoms with Crippen molar-refractivity contribution >= 4 is 33.7 Å². The zero-order valence-electron chi connectivity index (χ0n) is 21.1. The summed E-state index contributed by atoms with van der Waals surface area (Å²) in [6.45, 7) is 0. The Morgan fingerprint density at radius 3 is 2.70 bits per heavy atom. The Bertz CT molecular complexity index is 1910. The van der Waals surface area contributed by atoms with E-state index in [0.29, 0.717) is 44.9 Å². The van der Waals surface area contributed by atoms with Gasteiger partial charge in [-0.25, -0.2) is 18.7 Å². The summed E-state index contributed by atoms with van der Waals surface area (Å²) in [5, 5.41) is 10.2. The summed E-state index contributed by atoms with van der Waals surface area (Å²) < 4.78 is 30.0. The summed E-state index contributed by atoms with van der Waals surface area (Å²) in [6.07, 6.45) is 9.95. The molecule has 1 aliphatic carbocycles. The third-order valence-corrected chi connectivity index (χ3v) is 7.30. The fourth-order valence-electron chi connectivity index (χ4n) is 5.34. The number of nitrogens with one attached hydrogen (secondary N) is 3. The van der Waals surface area contributed by atoms with Crippen molar-refractivity contribution in [1.29, 1.82) is 0 Å². The Balaban J connectivity index is 1.28. The highest BCUT2D eigenvalue weighted by Crippen LogP contribution is 2.34. The van der Waals surface area contributed by atoms with Crippen LogP contribution in [0.2, 0.25) is 0 Å². The molecule has 0 radical (unpaired) electrons. The van der Waals surface area contributed by atoms with Crippen molar-refractivity contribution in [1.82, 2.24) is 35.1 Å². The maximum atomic E-state index is 16.1. The topological polar surface area (TPSA) is 125 Å². The van der Waals surface area contributed by atoms with Gasteiger partial charge in [-0.2, -0.15) is 5.10 Å². The molecule has 0 aliphatic heterocycles. The number of aromatic nitrogens is 7. The van der Waals surface area contributed by atoms with Crippen molar-refractivity contribution in [3.63, 3.8) is 0 Å². The fourth-order valence-corrected chi connectivity index (χ4v) is 5.34. The Labute approximate surface area is 226 Å². The number of carbonyl (C=O) groups is 1. The number of rotatable bonds is 5. The van der Waals surface area contributed by atoms with Crippen LogP contribution in [0.15, 0.2) is 61.2 Å². The Morgan fingerprint density at radius 2 is 1.85 bits per heavy atom. The minimum absolute atomic E-state index is 0.0110. The van der Waals surface area contributed by atoms with Crippen LogP contribution in [0.4, 0.5) is 14.5 Å². The van der Waals surface area contributed by atoms with Crippen LogP contribution in [0.5, 0.6) is 0 Å². The lowest BCUT2D eigenvalue weighted by Crippen LogP contribution is -2.20. The standard InChI is InChI=1S/C29H22F2N8O/c30-18-7-3-6-16(10-18)20-8-9-33-27-25(20)36-28(37-27)26-22-21(38-39-26)14-34-24(23(22)31)17-11-19(13-32-12-17)35-29(40)15-4-1-2-5-15/h3,6-15H,1-2,4-5H2,(H,35,40)(H,38,39)(H,33,36,37). The summed E-state index contributed by atoms with van der Waals surface area (Å²) in [4.78, 5) is 33.2. The first-order valence-corrected chi connectivity index (χ1v) is 12.9. The van der Waals surface area contributed by atoms with E-state index in [2.05, 4.69) is 40.4 Å². The van der Waals surface area contributed by atoms with Gasteiger partial charge in [0.15, 0.2) is 17.3 Å². The van der Waals surface area contributed by atoms with Gasteiger partial charge in [0.1, 0.15) is 17.2 Å². The van der Waals surface area contributed by atoms with E-state index in [-0.39, 0.29) is 34.4 Å². The van der Waals surface area contributed by atoms with Crippen LogP contribution < -0.4 is 5.32 Å². The lowest BCUT2D eigenvalue weighted by Gasteiger charge is -2.11. The number of imidazole rings is 1. The van der Waals surface area contributed by atoms with E-state index in [9.17, 15) is 9.18 Å². The van der Waals surface area contributed by atoms with Crippen LogP contribution in [0.3, 0.4) is 0 Å². The number of aromatic amines is 2. The number of amides is 1. The Kier molecular flexibility index (Phi) is 5.76. The third kappa shape index (κ3) is 4.15. The molecule has 9 nitrogen and oxygen atoms in total. The molecule has 7 rings (SSSR count). The van der Waals surface area contributed by atoms with Gasteiger partial charge >= 0.3 is 0 Å². The first-order valence-electron chi connectivity index (χ1n) is 12.9. The van der Waals surface area contributed by atoms with E-state index in [0.717, 1.165) is 25.7 Å². The fraction of sp³-hybridized carbons (Fsp3) is 0.172. The molecule has 11 heteroatoms. The number of carbonyl (C=O) groups excluding carboxylic acids is 1. The molecule has 1 fully saturated rings. The average molecular weight is 537 g/mol. The van der Waals surface area contributed by atoms with E-state index in [4.69, 9.17) is 0 Å². The summed E-state index contributed by atoms with van der Waals surface area (Å²) in [6, 6.07) is 9.64. The number of pyridine rings is 3. The number of fused-ring (bicyclic) bond motifs is 2. The molecule has 0 bridgehead atoms. The van der Waals surface area contributed by atoms with Crippen LogP contribution in [0.1, 0.15) is 25.7 Å². The molecule has 1 saturated carbocycles. The van der Waals surface area contributed by atoms with Crippen LogP contribution in [-0.2, 0) is 4.79 Å². The Hall–Kier alpha value is -5.06. The van der Waals surface area contributed by atoms with Crippen molar-refractivity contribution in [2.24, 2.45) is 5.92 Å². The van der Waals surface area contributed by atoms with Gasteiger partial charge in [0, 0.05) is 29.4 Å². The van der Waals surface area contributed by atoms with Gasteiger partial charge in [-0.3, -0.25) is 19.9 Å². The number of hydrogen-bond donors (Lipinski definition) is 3. The first-order chi connectivity index (χ1) is 19.5. The lowest BCUT2D eigenvalue weighted by atomic mass is 10.1. The molecular formula is C29H22F2N8O. The molecule has 1 aliphatic rings. The number of benzene rings is 1. The van der Waals surface area contributed by atoms with Crippen LogP contribution in [0, 0.1) is 17.6 Å². The molecule has 0 spiro atoms. The van der Waals surface area contributed by atoms with Crippen molar-refractivity contribution < 1.29 is 13.6 Å². The second-order valence-corrected chi connectivity index (χ2v) is 9.87. The molecular weight excluding hydrogens is 514 g/mol. The molecule has 0 atom stereocenters. The van der Waals surface area contributed by atoms with Crippen LogP contribution >= 0.6 is 0 Å². The lowest BCUT2D eigenvalue weighted by molar-refractivity contribution is -0.119. The quantitative estimate of drug-likeness (QED) is 0.247. The zero-order valence-corrected chi connectivity index (χ0v) is 21.1. The molecule has 40 heavy (non-hydrogen) atoms. The van der Waals surface area contributed by atoms with Gasteiger partial charge in [0.05, 0.1) is 34.5 Å². The predicted molar refractivity (Wildman–Crippen MR) is 146 cm³/mol. The molecule has 5 aromatic heterocycles. The summed E-state index contributed by atoms with van der Waals surface area (Å²) in [7, 11) is 0. The molecule has 1 aromatic carbocycles. The van der Waals surface area contributed by atoms with E-state index in [1.165, 1.54) is 30.7 Å². The average Bonchev–Trinajstić information content (AvgIpc) is 3.73. The van der Waals surface area contributed by atoms with Gasteiger partial charge in [0.25, 0.3) is 0 Å². The van der Waals surface area contributed by atoms with Crippen molar-refractivity contribution in [2.75, 3.05) is 5.32 Å². The smallest absolute Gasteiger partial charge is 0.227 e. The van der Waals surface area contributed by atoms with Crippen molar-refractivity contribution in [3.8, 4) is 33.9 Å². The SMILES string of the molecule is O=C(Nc1cncc(-c2ncc3[nH]nc(-c4nc5nccc(-c6cccc(F)c6)c5[nH]4)c3c2F)c1)C1CCCC1. The van der Waals surface area contributed by atoms with Gasteiger partial charge in [0.2, 0.25) is 5.91 Å². The third-order valence-electron chi connectivity index (χ3n) is 7.30. The highest BCUT2D eigenvalue weighted by molar-refractivity contribution is 5.97. The molecule has 6 aromatic rings. The normalized spacial score (nSPS) is 13.8. The van der Waals surface area contributed by atoms with E-state index >= 15 is 4.39 Å². The second-order valence-electron chi connectivity index (χ2n) is 9.87. The van der Waals surface area contributed by atoms with Crippen molar-refractivity contribution in [2.45, 2.75) is 25.7 Å². The first kappa shape index (κ1) is 24.0. The second kappa shape index (κ2) is 9.60. The van der Waals surface area contributed by atoms with Crippen LogP contribution in [0.25, 0.3) is 56.0 Å². The molecule has 1 amide bonds. The van der Waals surface area contributed by atoms with Crippen molar-refractivity contribution in [3.05, 3.63) is 72.8 Å². The highest BCUT2D eigenvalue weighted by Gasteiger charge is 2.24. The maximum Gasteiger partial charge on any atom is 0.227 e. The van der Waals surface area contributed by atoms with Gasteiger partial charge in [-0.1, -0.05) is 25.0 Å². The summed E-state index contributed by atoms with van der Waals surface area (Å²) >= 11 is 0. The highest BCUT2D eigenvalue weighted by atomic mass is 19.1. The van der Waals surface area contributed by atoms with E-state index < -0.39 is 5.82 Å². The van der Waals surface area contributed by atoms with Gasteiger partial charge < -0.3 is 10.3 Å². The predicted octanol–water partition coefficient (Wildman–Crippen LogP) is 6.03. The van der Waals surface area contributed by atoms with Crippen LogP contribution in [-0.4, -0.2) is 41.0 Å². The van der Waals surface area contributed by atoms with Gasteiger partial charge in [-0.05, 0) is 42.7 Å². The minimum Gasteiger partial charge on any atom is -0.335 e. The molecule has 0 unspecified atom stereocenters. The minimum atomic E-state index is -0.610. The zero-order chi connectivity index (χ0) is 27.2. The Morgan fingerprint density at radius 1 is 0.975 bits per heavy atom. The largest absolute Gasteiger partial charge is 0.335 e.